The van der Waals surface area contributed by atoms with Crippen LogP contribution in [0.2, 0.25) is 0 Å². The first-order valence-corrected chi connectivity index (χ1v) is 10.1. The molecule has 2 aromatic rings. The Morgan fingerprint density at radius 2 is 2.03 bits per heavy atom. The number of hydrogen-bond donors (Lipinski definition) is 2. The van der Waals surface area contributed by atoms with Crippen molar-refractivity contribution in [3.63, 3.8) is 0 Å². The predicted octanol–water partition coefficient (Wildman–Crippen LogP) is 1.49. The van der Waals surface area contributed by atoms with Gasteiger partial charge in [0.15, 0.2) is 5.96 Å². The molecule has 0 aliphatic heterocycles. The second kappa shape index (κ2) is 11.8. The van der Waals surface area contributed by atoms with Crippen LogP contribution in [0.4, 0.5) is 0 Å². The van der Waals surface area contributed by atoms with Crippen molar-refractivity contribution < 1.29 is 4.79 Å². The zero-order valence-electron chi connectivity index (χ0n) is 17.9. The van der Waals surface area contributed by atoms with E-state index in [0.717, 1.165) is 31.6 Å². The van der Waals surface area contributed by atoms with Crippen LogP contribution in [0.1, 0.15) is 31.7 Å². The van der Waals surface area contributed by atoms with E-state index in [1.54, 1.807) is 25.3 Å². The van der Waals surface area contributed by atoms with Gasteiger partial charge in [0.2, 0.25) is 5.91 Å². The SMILES string of the molecule is CCc1nncn1CCNC(=NCC(=O)N(C)C)NC(C)CCc1ccccc1. The van der Waals surface area contributed by atoms with Crippen molar-refractivity contribution in [3.8, 4) is 0 Å². The van der Waals surface area contributed by atoms with Crippen LogP contribution in [0.3, 0.4) is 0 Å². The number of aliphatic imine (C=N–C) groups is 1. The number of carbonyl (C=O) groups is 1. The maximum absolute atomic E-state index is 11.9. The molecule has 29 heavy (non-hydrogen) atoms. The number of amides is 1. The molecule has 1 aromatic carbocycles. The number of nitrogens with one attached hydrogen (secondary N) is 2. The average Bonchev–Trinajstić information content (AvgIpc) is 3.18. The van der Waals surface area contributed by atoms with Crippen LogP contribution >= 0.6 is 0 Å². The number of rotatable bonds is 10. The van der Waals surface area contributed by atoms with Gasteiger partial charge in [0.1, 0.15) is 18.7 Å². The lowest BCUT2D eigenvalue weighted by atomic mass is 10.1. The standard InChI is InChI=1S/C21H33N7O/c1-5-19-26-24-16-28(19)14-13-22-21(23-15-20(29)27(3)4)25-17(2)11-12-18-9-7-6-8-10-18/h6-10,16-17H,5,11-15H2,1-4H3,(H2,22,23,25). The lowest BCUT2D eigenvalue weighted by Gasteiger charge is -2.19. The van der Waals surface area contributed by atoms with Crippen molar-refractivity contribution in [3.05, 3.63) is 48.0 Å². The monoisotopic (exact) mass is 399 g/mol. The van der Waals surface area contributed by atoms with Crippen molar-refractivity contribution in [2.75, 3.05) is 27.2 Å². The lowest BCUT2D eigenvalue weighted by molar-refractivity contribution is -0.127. The Bertz CT molecular complexity index is 770. The van der Waals surface area contributed by atoms with Crippen LogP contribution < -0.4 is 10.6 Å². The largest absolute Gasteiger partial charge is 0.355 e. The molecule has 1 atom stereocenters. The molecule has 0 fully saturated rings. The molecule has 0 saturated carbocycles. The summed E-state index contributed by atoms with van der Waals surface area (Å²) in [5.41, 5.74) is 1.31. The van der Waals surface area contributed by atoms with Gasteiger partial charge in [-0.25, -0.2) is 4.99 Å². The number of likely N-dealkylation sites (N-methyl/N-ethyl adjacent to an activating group) is 1. The Labute approximate surface area is 173 Å². The van der Waals surface area contributed by atoms with Crippen LogP contribution in [0.15, 0.2) is 41.7 Å². The van der Waals surface area contributed by atoms with Crippen LogP contribution in [0.5, 0.6) is 0 Å². The van der Waals surface area contributed by atoms with E-state index in [1.807, 2.05) is 10.6 Å². The van der Waals surface area contributed by atoms with Crippen LogP contribution in [-0.4, -0.2) is 64.8 Å². The Morgan fingerprint density at radius 1 is 1.28 bits per heavy atom. The van der Waals surface area contributed by atoms with Gasteiger partial charge < -0.3 is 20.1 Å². The summed E-state index contributed by atoms with van der Waals surface area (Å²) in [5.74, 6) is 1.57. The minimum atomic E-state index is -0.0323. The molecule has 0 radical (unpaired) electrons. The first-order valence-electron chi connectivity index (χ1n) is 10.1. The summed E-state index contributed by atoms with van der Waals surface area (Å²) in [6.07, 6.45) is 4.53. The van der Waals surface area contributed by atoms with E-state index in [9.17, 15) is 4.79 Å². The molecule has 0 bridgehead atoms. The molecule has 2 N–H and O–H groups in total. The summed E-state index contributed by atoms with van der Waals surface area (Å²) < 4.78 is 2.02. The summed E-state index contributed by atoms with van der Waals surface area (Å²) in [7, 11) is 3.47. The maximum Gasteiger partial charge on any atom is 0.243 e. The smallest absolute Gasteiger partial charge is 0.243 e. The van der Waals surface area contributed by atoms with Crippen molar-refractivity contribution in [2.24, 2.45) is 4.99 Å². The van der Waals surface area contributed by atoms with Crippen LogP contribution in [0, 0.1) is 0 Å². The summed E-state index contributed by atoms with van der Waals surface area (Å²) in [4.78, 5) is 17.9. The van der Waals surface area contributed by atoms with E-state index >= 15 is 0 Å². The van der Waals surface area contributed by atoms with Gasteiger partial charge in [0, 0.05) is 39.6 Å². The fourth-order valence-electron chi connectivity index (χ4n) is 2.81. The van der Waals surface area contributed by atoms with Gasteiger partial charge in [-0.2, -0.15) is 0 Å². The Morgan fingerprint density at radius 3 is 2.72 bits per heavy atom. The molecule has 0 saturated heterocycles. The zero-order chi connectivity index (χ0) is 21.1. The van der Waals surface area contributed by atoms with E-state index in [4.69, 9.17) is 0 Å². The van der Waals surface area contributed by atoms with Crippen LogP contribution in [-0.2, 0) is 24.2 Å². The normalized spacial score (nSPS) is 12.5. The molecule has 8 heteroatoms. The molecule has 1 unspecified atom stereocenters. The van der Waals surface area contributed by atoms with Crippen LogP contribution in [0.25, 0.3) is 0 Å². The number of hydrogen-bond acceptors (Lipinski definition) is 4. The summed E-state index contributed by atoms with van der Waals surface area (Å²) in [5, 5.41) is 14.8. The van der Waals surface area contributed by atoms with Gasteiger partial charge in [0.25, 0.3) is 0 Å². The van der Waals surface area contributed by atoms with Crippen molar-refractivity contribution >= 4 is 11.9 Å². The zero-order valence-corrected chi connectivity index (χ0v) is 17.9. The van der Waals surface area contributed by atoms with Gasteiger partial charge >= 0.3 is 0 Å². The third-order valence-corrected chi connectivity index (χ3v) is 4.62. The first-order chi connectivity index (χ1) is 14.0. The van der Waals surface area contributed by atoms with E-state index in [2.05, 4.69) is 63.9 Å². The van der Waals surface area contributed by atoms with Crippen molar-refractivity contribution in [1.29, 1.82) is 0 Å². The average molecular weight is 400 g/mol. The highest BCUT2D eigenvalue weighted by Crippen LogP contribution is 2.04. The van der Waals surface area contributed by atoms with Crippen molar-refractivity contribution in [2.45, 2.75) is 45.7 Å². The molecule has 158 valence electrons. The quantitative estimate of drug-likeness (QED) is 0.467. The van der Waals surface area contributed by atoms with E-state index < -0.39 is 0 Å². The molecular formula is C21H33N7O. The first kappa shape index (κ1) is 22.4. The van der Waals surface area contributed by atoms with Gasteiger partial charge in [-0.3, -0.25) is 4.79 Å². The van der Waals surface area contributed by atoms with E-state index in [-0.39, 0.29) is 18.5 Å². The second-order valence-electron chi connectivity index (χ2n) is 7.24. The number of aromatic nitrogens is 3. The molecule has 0 aliphatic rings. The number of carbonyl (C=O) groups excluding carboxylic acids is 1. The highest BCUT2D eigenvalue weighted by molar-refractivity contribution is 5.84. The molecule has 0 spiro atoms. The Kier molecular flexibility index (Phi) is 9.14. The Hall–Kier alpha value is -2.90. The molecule has 2 rings (SSSR count). The third kappa shape index (κ3) is 7.93. The number of aryl methyl sites for hydroxylation is 2. The third-order valence-electron chi connectivity index (χ3n) is 4.62. The Balaban J connectivity index is 1.90. The summed E-state index contributed by atoms with van der Waals surface area (Å²) in [6.45, 7) is 5.70. The summed E-state index contributed by atoms with van der Waals surface area (Å²) >= 11 is 0. The number of nitrogens with zero attached hydrogens (tertiary/aromatic N) is 5. The predicted molar refractivity (Wildman–Crippen MR) is 116 cm³/mol. The molecule has 1 amide bonds. The minimum absolute atomic E-state index is 0.0323. The molecular weight excluding hydrogens is 366 g/mol. The molecule has 0 aliphatic carbocycles. The number of guanidine groups is 1. The lowest BCUT2D eigenvalue weighted by Crippen LogP contribution is -2.44. The van der Waals surface area contributed by atoms with Gasteiger partial charge in [-0.15, -0.1) is 10.2 Å². The number of benzene rings is 1. The van der Waals surface area contributed by atoms with Gasteiger partial charge in [0.05, 0.1) is 0 Å². The second-order valence-corrected chi connectivity index (χ2v) is 7.24. The van der Waals surface area contributed by atoms with Gasteiger partial charge in [-0.1, -0.05) is 37.3 Å². The van der Waals surface area contributed by atoms with Crippen molar-refractivity contribution in [1.82, 2.24) is 30.3 Å². The van der Waals surface area contributed by atoms with E-state index in [0.29, 0.717) is 12.5 Å². The fourth-order valence-corrected chi connectivity index (χ4v) is 2.81. The summed E-state index contributed by atoms with van der Waals surface area (Å²) in [6, 6.07) is 10.6. The highest BCUT2D eigenvalue weighted by atomic mass is 16.2. The fraction of sp³-hybridized carbons (Fsp3) is 0.524. The van der Waals surface area contributed by atoms with Gasteiger partial charge in [-0.05, 0) is 25.3 Å². The highest BCUT2D eigenvalue weighted by Gasteiger charge is 2.09. The van der Waals surface area contributed by atoms with E-state index in [1.165, 1.54) is 5.56 Å². The topological polar surface area (TPSA) is 87.4 Å². The maximum atomic E-state index is 11.9. The molecule has 8 nitrogen and oxygen atoms in total. The minimum Gasteiger partial charge on any atom is -0.355 e. The molecule has 1 heterocycles. The molecule has 1 aromatic heterocycles.